The van der Waals surface area contributed by atoms with E-state index in [-0.39, 0.29) is 5.78 Å². The lowest BCUT2D eigenvalue weighted by atomic mass is 10.2. The van der Waals surface area contributed by atoms with E-state index < -0.39 is 0 Å². The zero-order chi connectivity index (χ0) is 9.97. The number of rotatable bonds is 5. The van der Waals surface area contributed by atoms with Crippen molar-refractivity contribution in [3.8, 4) is 0 Å². The molecule has 0 aromatic carbocycles. The highest BCUT2D eigenvalue weighted by atomic mass is 16.1. The van der Waals surface area contributed by atoms with E-state index in [9.17, 15) is 4.79 Å². The Balaban J connectivity index is 1.91. The summed E-state index contributed by atoms with van der Waals surface area (Å²) in [6, 6.07) is 0. The molecule has 0 radical (unpaired) electrons. The van der Waals surface area contributed by atoms with E-state index in [2.05, 4.69) is 5.10 Å². The number of ketones is 1. The van der Waals surface area contributed by atoms with E-state index in [0.717, 1.165) is 18.0 Å². The monoisotopic (exact) mass is 192 g/mol. The highest BCUT2D eigenvalue weighted by Gasteiger charge is 2.20. The van der Waals surface area contributed by atoms with Crippen LogP contribution < -0.4 is 0 Å². The molecule has 0 N–H and O–H groups in total. The lowest BCUT2D eigenvalue weighted by Gasteiger charge is -1.98. The Morgan fingerprint density at radius 1 is 1.64 bits per heavy atom. The summed E-state index contributed by atoms with van der Waals surface area (Å²) in [5, 5.41) is 4.18. The smallest absolute Gasteiger partial charge is 0.165 e. The molecule has 1 aliphatic carbocycles. The summed E-state index contributed by atoms with van der Waals surface area (Å²) in [6.45, 7) is 2.84. The van der Waals surface area contributed by atoms with Crippen molar-refractivity contribution in [2.45, 2.75) is 39.2 Å². The van der Waals surface area contributed by atoms with Crippen LogP contribution in [0.1, 0.15) is 43.0 Å². The van der Waals surface area contributed by atoms with Gasteiger partial charge < -0.3 is 0 Å². The van der Waals surface area contributed by atoms with Crippen molar-refractivity contribution in [2.75, 3.05) is 0 Å². The summed E-state index contributed by atoms with van der Waals surface area (Å²) in [6.07, 6.45) is 8.08. The Labute approximate surface area is 84.1 Å². The second-order valence-electron chi connectivity index (χ2n) is 4.00. The minimum atomic E-state index is 0.183. The van der Waals surface area contributed by atoms with Gasteiger partial charge in [0.05, 0.1) is 11.8 Å². The molecule has 1 aliphatic rings. The molecule has 0 amide bonds. The molecule has 0 saturated heterocycles. The number of aromatic nitrogens is 2. The number of hydrogen-bond donors (Lipinski definition) is 0. The maximum atomic E-state index is 11.3. The molecule has 1 saturated carbocycles. The molecule has 1 aromatic heterocycles. The molecule has 1 heterocycles. The molecule has 0 bridgehead atoms. The molecule has 1 fully saturated rings. The Kier molecular flexibility index (Phi) is 2.66. The van der Waals surface area contributed by atoms with Crippen LogP contribution in [0.3, 0.4) is 0 Å². The molecule has 0 spiro atoms. The number of hydrogen-bond acceptors (Lipinski definition) is 2. The fourth-order valence-corrected chi connectivity index (χ4v) is 1.56. The van der Waals surface area contributed by atoms with Gasteiger partial charge in [-0.05, 0) is 12.3 Å². The van der Waals surface area contributed by atoms with Crippen LogP contribution in [0.25, 0.3) is 0 Å². The average molecular weight is 192 g/mol. The van der Waals surface area contributed by atoms with E-state index >= 15 is 0 Å². The van der Waals surface area contributed by atoms with E-state index in [0.29, 0.717) is 6.42 Å². The van der Waals surface area contributed by atoms with Gasteiger partial charge in [0, 0.05) is 19.2 Å². The predicted molar refractivity (Wildman–Crippen MR) is 54.2 cm³/mol. The molecule has 2 rings (SSSR count). The van der Waals surface area contributed by atoms with Crippen molar-refractivity contribution in [1.29, 1.82) is 0 Å². The zero-order valence-corrected chi connectivity index (χ0v) is 8.57. The lowest BCUT2D eigenvalue weighted by molar-refractivity contribution is 0.0988. The molecule has 0 unspecified atom stereocenters. The van der Waals surface area contributed by atoms with Crippen LogP contribution >= 0.6 is 0 Å². The fraction of sp³-hybridized carbons (Fsp3) is 0.636. The SMILES string of the molecule is CCC(=O)c1cnn(CCC2CC2)c1. The van der Waals surface area contributed by atoms with Crippen LogP contribution in [0.5, 0.6) is 0 Å². The molecule has 0 atom stereocenters. The summed E-state index contributed by atoms with van der Waals surface area (Å²) in [7, 11) is 0. The fourth-order valence-electron chi connectivity index (χ4n) is 1.56. The van der Waals surface area contributed by atoms with Gasteiger partial charge in [0.25, 0.3) is 0 Å². The Morgan fingerprint density at radius 2 is 2.43 bits per heavy atom. The number of carbonyl (C=O) groups excluding carboxylic acids is 1. The molecular formula is C11H16N2O. The highest BCUT2D eigenvalue weighted by molar-refractivity contribution is 5.95. The standard InChI is InChI=1S/C11H16N2O/c1-2-11(14)10-7-12-13(8-10)6-5-9-3-4-9/h7-9H,2-6H2,1H3. The summed E-state index contributed by atoms with van der Waals surface area (Å²) in [5.41, 5.74) is 0.753. The topological polar surface area (TPSA) is 34.9 Å². The van der Waals surface area contributed by atoms with E-state index in [1.807, 2.05) is 17.8 Å². The van der Waals surface area contributed by atoms with Gasteiger partial charge in [0.1, 0.15) is 0 Å². The van der Waals surface area contributed by atoms with Gasteiger partial charge in [-0.25, -0.2) is 0 Å². The molecule has 14 heavy (non-hydrogen) atoms. The first-order valence-electron chi connectivity index (χ1n) is 5.35. The van der Waals surface area contributed by atoms with Crippen molar-refractivity contribution in [1.82, 2.24) is 9.78 Å². The Morgan fingerprint density at radius 3 is 3.07 bits per heavy atom. The van der Waals surface area contributed by atoms with Crippen LogP contribution in [0.4, 0.5) is 0 Å². The van der Waals surface area contributed by atoms with Crippen LogP contribution in [0, 0.1) is 5.92 Å². The molecule has 3 heteroatoms. The first-order valence-corrected chi connectivity index (χ1v) is 5.35. The van der Waals surface area contributed by atoms with Crippen molar-refractivity contribution in [3.05, 3.63) is 18.0 Å². The van der Waals surface area contributed by atoms with E-state index in [4.69, 9.17) is 0 Å². The molecule has 76 valence electrons. The van der Waals surface area contributed by atoms with Gasteiger partial charge in [0.2, 0.25) is 0 Å². The minimum absolute atomic E-state index is 0.183. The van der Waals surface area contributed by atoms with E-state index in [1.165, 1.54) is 19.3 Å². The molecule has 1 aromatic rings. The quantitative estimate of drug-likeness (QED) is 0.671. The summed E-state index contributed by atoms with van der Waals surface area (Å²) in [5.74, 6) is 1.10. The maximum absolute atomic E-state index is 11.3. The van der Waals surface area contributed by atoms with Gasteiger partial charge in [-0.2, -0.15) is 5.10 Å². The Hall–Kier alpha value is -1.12. The minimum Gasteiger partial charge on any atom is -0.294 e. The first-order chi connectivity index (χ1) is 6.79. The lowest BCUT2D eigenvalue weighted by Crippen LogP contribution is -1.99. The van der Waals surface area contributed by atoms with Gasteiger partial charge in [-0.15, -0.1) is 0 Å². The van der Waals surface area contributed by atoms with Crippen molar-refractivity contribution < 1.29 is 4.79 Å². The van der Waals surface area contributed by atoms with Crippen LogP contribution in [0.2, 0.25) is 0 Å². The van der Waals surface area contributed by atoms with Crippen LogP contribution in [0.15, 0.2) is 12.4 Å². The number of aryl methyl sites for hydroxylation is 1. The van der Waals surface area contributed by atoms with Gasteiger partial charge >= 0.3 is 0 Å². The third kappa shape index (κ3) is 2.22. The summed E-state index contributed by atoms with van der Waals surface area (Å²) < 4.78 is 1.89. The maximum Gasteiger partial charge on any atom is 0.165 e. The predicted octanol–water partition coefficient (Wildman–Crippen LogP) is 2.28. The van der Waals surface area contributed by atoms with Crippen LogP contribution in [-0.2, 0) is 6.54 Å². The second kappa shape index (κ2) is 3.95. The van der Waals surface area contributed by atoms with Gasteiger partial charge in [0.15, 0.2) is 5.78 Å². The zero-order valence-electron chi connectivity index (χ0n) is 8.57. The molecular weight excluding hydrogens is 176 g/mol. The van der Waals surface area contributed by atoms with Crippen molar-refractivity contribution in [3.63, 3.8) is 0 Å². The molecule has 0 aliphatic heterocycles. The third-order valence-electron chi connectivity index (χ3n) is 2.74. The first kappa shape index (κ1) is 9.44. The number of carbonyl (C=O) groups is 1. The third-order valence-corrected chi connectivity index (χ3v) is 2.74. The van der Waals surface area contributed by atoms with Crippen molar-refractivity contribution >= 4 is 5.78 Å². The summed E-state index contributed by atoms with van der Waals surface area (Å²) >= 11 is 0. The average Bonchev–Trinajstić information content (AvgIpc) is 2.92. The number of Topliss-reactive ketones (excluding diaryl/α,β-unsaturated/α-hetero) is 1. The van der Waals surface area contributed by atoms with Gasteiger partial charge in [-0.1, -0.05) is 19.8 Å². The largest absolute Gasteiger partial charge is 0.294 e. The van der Waals surface area contributed by atoms with Gasteiger partial charge in [-0.3, -0.25) is 9.48 Å². The van der Waals surface area contributed by atoms with Crippen LogP contribution in [-0.4, -0.2) is 15.6 Å². The molecule has 3 nitrogen and oxygen atoms in total. The van der Waals surface area contributed by atoms with E-state index in [1.54, 1.807) is 6.20 Å². The highest BCUT2D eigenvalue weighted by Crippen LogP contribution is 2.32. The second-order valence-corrected chi connectivity index (χ2v) is 4.00. The summed E-state index contributed by atoms with van der Waals surface area (Å²) in [4.78, 5) is 11.3. The number of nitrogens with zero attached hydrogens (tertiary/aromatic N) is 2. The normalized spacial score (nSPS) is 15.8. The van der Waals surface area contributed by atoms with Crippen molar-refractivity contribution in [2.24, 2.45) is 5.92 Å². The Bertz CT molecular complexity index is 326.